The van der Waals surface area contributed by atoms with Crippen LogP contribution in [0.3, 0.4) is 0 Å². The monoisotopic (exact) mass is 451 g/mol. The molecule has 0 saturated carbocycles. The Labute approximate surface area is 211 Å². The minimum atomic E-state index is -1.31. The molecule has 0 aliphatic heterocycles. The smallest absolute Gasteiger partial charge is 0.543 e. The van der Waals surface area contributed by atoms with Gasteiger partial charge in [-0.1, -0.05) is 29.4 Å². The Morgan fingerprint density at radius 1 is 1.18 bits per heavy atom. The first-order valence-corrected chi connectivity index (χ1v) is 9.82. The van der Waals surface area contributed by atoms with Crippen LogP contribution in [0.2, 0.25) is 0 Å². The van der Waals surface area contributed by atoms with Gasteiger partial charge in [0.1, 0.15) is 17.5 Å². The summed E-state index contributed by atoms with van der Waals surface area (Å²) in [5.74, 6) is -0.101. The van der Waals surface area contributed by atoms with Gasteiger partial charge in [-0.15, -0.1) is 0 Å². The predicted molar refractivity (Wildman–Crippen MR) is 111 cm³/mol. The van der Waals surface area contributed by atoms with Gasteiger partial charge in [0.25, 0.3) is 5.89 Å². The fraction of sp³-hybridized carbons (Fsp3) is 0.174. The number of carboxylic acids is 1. The molecule has 0 fully saturated rings. The number of aromatic carboxylic acids is 1. The molecule has 160 valence electrons. The molecule has 0 aliphatic rings. The number of carbonyl (C=O) groups excluding carboxylic acids is 1. The Balaban J connectivity index is 0.00000306. The number of carboxylic acid groups (broad SMARTS) is 1. The largest absolute Gasteiger partial charge is 1.00 e. The summed E-state index contributed by atoms with van der Waals surface area (Å²) in [7, 11) is 0. The second-order valence-corrected chi connectivity index (χ2v) is 7.30. The zero-order valence-corrected chi connectivity index (χ0v) is 20.3. The van der Waals surface area contributed by atoms with Crippen LogP contribution in [0.15, 0.2) is 59.3 Å². The number of hydrogen-bond donors (Lipinski definition) is 0. The first kappa shape index (κ1) is 24.2. The van der Waals surface area contributed by atoms with Gasteiger partial charge in [0.2, 0.25) is 5.82 Å². The van der Waals surface area contributed by atoms with Crippen molar-refractivity contribution in [2.24, 2.45) is 0 Å². The third-order valence-corrected chi connectivity index (χ3v) is 4.54. The van der Waals surface area contributed by atoms with Crippen molar-refractivity contribution in [3.05, 3.63) is 71.5 Å². The molecule has 0 atom stereocenters. The molecule has 0 spiro atoms. The van der Waals surface area contributed by atoms with Gasteiger partial charge in [-0.2, -0.15) is 15.3 Å². The van der Waals surface area contributed by atoms with Crippen molar-refractivity contribution in [3.63, 3.8) is 0 Å². The van der Waals surface area contributed by atoms with Crippen molar-refractivity contribution in [3.8, 4) is 34.7 Å². The second kappa shape index (κ2) is 10.4. The van der Waals surface area contributed by atoms with E-state index in [2.05, 4.69) is 21.3 Å². The van der Waals surface area contributed by atoms with E-state index in [4.69, 9.17) is 9.26 Å². The minimum Gasteiger partial charge on any atom is -0.543 e. The Hall–Kier alpha value is -3.45. The van der Waals surface area contributed by atoms with E-state index >= 15 is 0 Å². The molecule has 4 aromatic rings. The Kier molecular flexibility index (Phi) is 7.66. The van der Waals surface area contributed by atoms with Crippen LogP contribution in [-0.4, -0.2) is 32.0 Å². The summed E-state index contributed by atoms with van der Waals surface area (Å²) in [6, 6.07) is 16.1. The van der Waals surface area contributed by atoms with E-state index in [1.165, 1.54) is 10.7 Å². The first-order valence-electron chi connectivity index (χ1n) is 9.82. The quantitative estimate of drug-likeness (QED) is 0.350. The molecule has 0 amide bonds. The number of nitriles is 1. The molecule has 0 bridgehead atoms. The summed E-state index contributed by atoms with van der Waals surface area (Å²) in [5.41, 5.74) is 2.57. The van der Waals surface area contributed by atoms with Crippen LogP contribution in [0.5, 0.6) is 5.75 Å². The number of hydrogen-bond acceptors (Lipinski definition) is 8. The molecule has 10 heteroatoms. The fourth-order valence-electron chi connectivity index (χ4n) is 3.07. The van der Waals surface area contributed by atoms with Crippen LogP contribution in [-0.2, 0) is 6.54 Å². The van der Waals surface area contributed by atoms with Gasteiger partial charge in [-0.25, -0.2) is 0 Å². The van der Waals surface area contributed by atoms with Crippen molar-refractivity contribution >= 4 is 5.97 Å². The number of aromatic nitrogens is 4. The third kappa shape index (κ3) is 5.68. The van der Waals surface area contributed by atoms with Crippen LogP contribution >= 0.6 is 0 Å². The van der Waals surface area contributed by atoms with Gasteiger partial charge in [0.05, 0.1) is 24.2 Å². The van der Waals surface area contributed by atoms with Gasteiger partial charge in [0.15, 0.2) is 0 Å². The van der Waals surface area contributed by atoms with Crippen molar-refractivity contribution in [1.82, 2.24) is 19.9 Å². The Morgan fingerprint density at radius 2 is 1.91 bits per heavy atom. The molecule has 0 aliphatic carbocycles. The molecule has 0 radical (unpaired) electrons. The third-order valence-electron chi connectivity index (χ3n) is 4.54. The average molecular weight is 451 g/mol. The Morgan fingerprint density at radius 3 is 2.55 bits per heavy atom. The summed E-state index contributed by atoms with van der Waals surface area (Å²) in [6.45, 7) is 4.20. The van der Waals surface area contributed by atoms with E-state index in [0.29, 0.717) is 35.1 Å². The second-order valence-electron chi connectivity index (χ2n) is 7.30. The topological polar surface area (TPSA) is 130 Å². The Bertz CT molecular complexity index is 1310. The van der Waals surface area contributed by atoms with Gasteiger partial charge < -0.3 is 19.2 Å². The van der Waals surface area contributed by atoms with Crippen LogP contribution in [0.4, 0.5) is 0 Å². The van der Waals surface area contributed by atoms with Gasteiger partial charge in [-0.05, 0) is 43.7 Å². The summed E-state index contributed by atoms with van der Waals surface area (Å²) >= 11 is 0. The average Bonchev–Trinajstić information content (AvgIpc) is 3.44. The molecule has 2 aromatic carbocycles. The van der Waals surface area contributed by atoms with Gasteiger partial charge in [0, 0.05) is 17.3 Å². The van der Waals surface area contributed by atoms with Crippen molar-refractivity contribution in [2.45, 2.75) is 26.5 Å². The van der Waals surface area contributed by atoms with Crippen LogP contribution < -0.4 is 39.4 Å². The molecule has 9 nitrogen and oxygen atoms in total. The number of nitrogens with zero attached hydrogens (tertiary/aromatic N) is 5. The van der Waals surface area contributed by atoms with E-state index in [0.717, 1.165) is 11.1 Å². The van der Waals surface area contributed by atoms with E-state index in [1.54, 1.807) is 24.4 Å². The standard InChI is InChI=1S/C23H19N5O4.Na/c1-14(2)31-20-8-7-17(11-18(20)12-24)22-25-21(27-32-22)16-5-3-15(4-6-16)13-28-10-9-19(26-28)23(29)30;/h3-11,14H,13H2,1-2H3,(H,29,30);/q;+1/p-1. The molecular formula is C23H18N5NaO4. The molecule has 0 saturated heterocycles. The van der Waals surface area contributed by atoms with Gasteiger partial charge in [-0.3, -0.25) is 4.68 Å². The summed E-state index contributed by atoms with van der Waals surface area (Å²) in [4.78, 5) is 15.3. The van der Waals surface area contributed by atoms with Crippen LogP contribution in [0.25, 0.3) is 22.8 Å². The zero-order chi connectivity index (χ0) is 22.7. The van der Waals surface area contributed by atoms with E-state index in [-0.39, 0.29) is 41.4 Å². The van der Waals surface area contributed by atoms with Crippen molar-refractivity contribution in [1.29, 1.82) is 5.26 Å². The van der Waals surface area contributed by atoms with E-state index in [1.807, 2.05) is 38.1 Å². The fourth-order valence-corrected chi connectivity index (χ4v) is 3.07. The number of rotatable bonds is 7. The maximum atomic E-state index is 10.8. The van der Waals surface area contributed by atoms with E-state index in [9.17, 15) is 15.2 Å². The summed E-state index contributed by atoms with van der Waals surface area (Å²) in [6.07, 6.45) is 1.53. The van der Waals surface area contributed by atoms with Crippen molar-refractivity contribution in [2.75, 3.05) is 0 Å². The van der Waals surface area contributed by atoms with Crippen LogP contribution in [0.1, 0.15) is 35.5 Å². The van der Waals surface area contributed by atoms with Crippen LogP contribution in [0, 0.1) is 11.3 Å². The SMILES string of the molecule is CC(C)Oc1ccc(-c2nc(-c3ccc(Cn4ccc(C(=O)[O-])n4)cc3)no2)cc1C#N.[Na+]. The minimum absolute atomic E-state index is 0. The zero-order valence-electron chi connectivity index (χ0n) is 18.3. The molecule has 4 rings (SSSR count). The number of ether oxygens (including phenoxy) is 1. The summed E-state index contributed by atoms with van der Waals surface area (Å²) in [5, 5.41) is 28.2. The van der Waals surface area contributed by atoms with E-state index < -0.39 is 5.97 Å². The first-order chi connectivity index (χ1) is 15.4. The molecule has 0 unspecified atom stereocenters. The molecule has 33 heavy (non-hydrogen) atoms. The molecule has 2 aromatic heterocycles. The number of benzene rings is 2. The maximum absolute atomic E-state index is 10.8. The maximum Gasteiger partial charge on any atom is 1.00 e. The normalized spacial score (nSPS) is 10.5. The molecule has 0 N–H and O–H groups in total. The summed E-state index contributed by atoms with van der Waals surface area (Å²) < 4.78 is 12.6. The van der Waals surface area contributed by atoms with Gasteiger partial charge >= 0.3 is 29.6 Å². The predicted octanol–water partition coefficient (Wildman–Crippen LogP) is -0.325. The van der Waals surface area contributed by atoms with Crippen molar-refractivity contribution < 1.29 is 48.7 Å². The molecular weight excluding hydrogens is 433 g/mol. The molecule has 2 heterocycles. The number of carbonyl (C=O) groups is 1.